The van der Waals surface area contributed by atoms with Crippen molar-refractivity contribution in [1.82, 2.24) is 5.32 Å². The van der Waals surface area contributed by atoms with Crippen molar-refractivity contribution < 1.29 is 24.3 Å². The predicted octanol–water partition coefficient (Wildman–Crippen LogP) is 7.27. The highest BCUT2D eigenvalue weighted by Crippen LogP contribution is 2.38. The van der Waals surface area contributed by atoms with E-state index in [2.05, 4.69) is 5.32 Å². The number of amides is 1. The van der Waals surface area contributed by atoms with Gasteiger partial charge in [0, 0.05) is 21.5 Å². The first kappa shape index (κ1) is 27.8. The molecule has 0 aliphatic carbocycles. The van der Waals surface area contributed by atoms with Crippen molar-refractivity contribution in [3.63, 3.8) is 0 Å². The number of nitrogens with one attached hydrogen (secondary N) is 1. The molecule has 1 heterocycles. The van der Waals surface area contributed by atoms with E-state index in [1.54, 1.807) is 45.0 Å². The molecule has 1 atom stereocenters. The van der Waals surface area contributed by atoms with Gasteiger partial charge in [0.2, 0.25) is 0 Å². The molecule has 0 spiro atoms. The summed E-state index contributed by atoms with van der Waals surface area (Å²) >= 11 is 13.5. The number of anilines is 1. The number of rotatable bonds is 9. The summed E-state index contributed by atoms with van der Waals surface area (Å²) in [6, 6.07) is 15.9. The largest absolute Gasteiger partial charge is 0.477 e. The van der Waals surface area contributed by atoms with Crippen LogP contribution in [0.15, 0.2) is 54.6 Å². The smallest absolute Gasteiger partial charge is 0.407 e. The van der Waals surface area contributed by atoms with E-state index >= 15 is 0 Å². The number of carboxylic acid groups (broad SMARTS) is 1. The minimum Gasteiger partial charge on any atom is -0.477 e. The number of hydrogen-bond donors (Lipinski definition) is 2. The molecule has 1 aromatic heterocycles. The van der Waals surface area contributed by atoms with E-state index in [-0.39, 0.29) is 18.0 Å². The third-order valence-corrected chi connectivity index (χ3v) is 6.67. The lowest BCUT2D eigenvalue weighted by atomic mass is 10.2. The number of hydroxylamine groups is 1. The van der Waals surface area contributed by atoms with E-state index in [4.69, 9.17) is 32.8 Å². The van der Waals surface area contributed by atoms with Gasteiger partial charge in [0.15, 0.2) is 0 Å². The van der Waals surface area contributed by atoms with E-state index in [1.807, 2.05) is 37.3 Å². The molecule has 1 amide bonds. The summed E-state index contributed by atoms with van der Waals surface area (Å²) in [5.41, 5.74) is 1.28. The Labute approximate surface area is 224 Å². The topological polar surface area (TPSA) is 88.1 Å². The van der Waals surface area contributed by atoms with E-state index in [9.17, 15) is 14.7 Å². The molecule has 0 saturated heterocycles. The Hall–Kier alpha value is -2.78. The Morgan fingerprint density at radius 3 is 2.42 bits per heavy atom. The number of alkyl carbamates (subject to hydrolysis) is 1. The number of benzene rings is 2. The number of carbonyl (C=O) groups is 2. The summed E-state index contributed by atoms with van der Waals surface area (Å²) in [6.45, 7) is 7.33. The second kappa shape index (κ2) is 12.0. The molecule has 36 heavy (non-hydrogen) atoms. The predicted molar refractivity (Wildman–Crippen MR) is 144 cm³/mol. The van der Waals surface area contributed by atoms with Crippen LogP contribution in [0, 0.1) is 0 Å². The second-order valence-electron chi connectivity index (χ2n) is 9.06. The highest BCUT2D eigenvalue weighted by Gasteiger charge is 2.27. The van der Waals surface area contributed by atoms with Gasteiger partial charge in [0.1, 0.15) is 17.1 Å². The molecule has 0 fully saturated rings. The first-order valence-corrected chi connectivity index (χ1v) is 12.8. The average molecular weight is 551 g/mol. The Morgan fingerprint density at radius 2 is 1.81 bits per heavy atom. The van der Waals surface area contributed by atoms with E-state index in [0.29, 0.717) is 21.3 Å². The van der Waals surface area contributed by atoms with Gasteiger partial charge in [-0.1, -0.05) is 59.6 Å². The van der Waals surface area contributed by atoms with Gasteiger partial charge in [0.25, 0.3) is 0 Å². The Kier molecular flexibility index (Phi) is 9.24. The first-order chi connectivity index (χ1) is 16.9. The van der Waals surface area contributed by atoms with Gasteiger partial charge in [-0.2, -0.15) is 0 Å². The first-order valence-electron chi connectivity index (χ1n) is 11.2. The van der Waals surface area contributed by atoms with Crippen LogP contribution in [0.25, 0.3) is 10.4 Å². The summed E-state index contributed by atoms with van der Waals surface area (Å²) in [5.74, 6) is -1.08. The fraction of sp³-hybridized carbons (Fsp3) is 0.308. The Bertz CT molecular complexity index is 1210. The van der Waals surface area contributed by atoms with Crippen LogP contribution in [-0.2, 0) is 16.2 Å². The zero-order valence-corrected chi connectivity index (χ0v) is 22.7. The van der Waals surface area contributed by atoms with E-state index < -0.39 is 23.7 Å². The molecule has 0 aliphatic heterocycles. The number of hydrogen-bond acceptors (Lipinski definition) is 6. The molecule has 192 valence electrons. The Balaban J connectivity index is 1.92. The monoisotopic (exact) mass is 550 g/mol. The second-order valence-corrected chi connectivity index (χ2v) is 11.0. The zero-order valence-electron chi connectivity index (χ0n) is 20.4. The van der Waals surface area contributed by atoms with Crippen molar-refractivity contribution in [1.29, 1.82) is 0 Å². The number of ether oxygens (including phenoxy) is 1. The molecule has 0 saturated carbocycles. The van der Waals surface area contributed by atoms with Crippen LogP contribution in [0.3, 0.4) is 0 Å². The molecular formula is C26H28Cl2N2O5S. The van der Waals surface area contributed by atoms with Gasteiger partial charge in [-0.3, -0.25) is 4.84 Å². The summed E-state index contributed by atoms with van der Waals surface area (Å²) in [7, 11) is 0. The normalized spacial score (nSPS) is 12.2. The van der Waals surface area contributed by atoms with Crippen LogP contribution < -0.4 is 10.4 Å². The highest BCUT2D eigenvalue weighted by atomic mass is 35.5. The molecular weight excluding hydrogens is 523 g/mol. The molecule has 1 unspecified atom stereocenters. The van der Waals surface area contributed by atoms with Crippen LogP contribution >= 0.6 is 34.5 Å². The summed E-state index contributed by atoms with van der Waals surface area (Å²) in [6.07, 6.45) is -0.580. The highest BCUT2D eigenvalue weighted by molar-refractivity contribution is 7.18. The van der Waals surface area contributed by atoms with Crippen molar-refractivity contribution in [2.75, 3.05) is 11.6 Å². The molecule has 0 bridgehead atoms. The zero-order chi connectivity index (χ0) is 26.5. The quantitative estimate of drug-likeness (QED) is 0.272. The molecule has 3 aromatic rings. The van der Waals surface area contributed by atoms with Crippen molar-refractivity contribution in [3.8, 4) is 10.4 Å². The number of aromatic carboxylic acids is 1. The van der Waals surface area contributed by atoms with Crippen molar-refractivity contribution >= 4 is 52.3 Å². The fourth-order valence-corrected chi connectivity index (χ4v) is 4.73. The van der Waals surface area contributed by atoms with Gasteiger partial charge in [-0.05, 0) is 57.0 Å². The molecule has 10 heteroatoms. The van der Waals surface area contributed by atoms with Crippen molar-refractivity contribution in [2.24, 2.45) is 0 Å². The summed E-state index contributed by atoms with van der Waals surface area (Å²) < 4.78 is 5.32. The van der Waals surface area contributed by atoms with Gasteiger partial charge in [-0.25, -0.2) is 14.7 Å². The van der Waals surface area contributed by atoms with Crippen LogP contribution in [0.2, 0.25) is 10.0 Å². The van der Waals surface area contributed by atoms with Crippen LogP contribution in [0.5, 0.6) is 0 Å². The third-order valence-electron chi connectivity index (χ3n) is 4.92. The van der Waals surface area contributed by atoms with E-state index in [0.717, 1.165) is 21.8 Å². The molecule has 0 aliphatic rings. The number of thiophene rings is 1. The minimum absolute atomic E-state index is 0.0579. The summed E-state index contributed by atoms with van der Waals surface area (Å²) in [5, 5.41) is 15.1. The molecule has 3 rings (SSSR count). The average Bonchev–Trinajstić information content (AvgIpc) is 3.24. The third kappa shape index (κ3) is 7.61. The number of halogens is 2. The standard InChI is InChI=1S/C26H28Cl2N2O5S/c1-16(14-29-25(33)35-26(2,3)4)30(34-15-18-10-11-19(27)12-20(18)28)21-13-22(36-23(21)24(31)32)17-8-6-5-7-9-17/h5-13,16H,14-15H2,1-4H3,(H,29,33)(H,31,32). The van der Waals surface area contributed by atoms with Crippen LogP contribution in [-0.4, -0.2) is 35.4 Å². The molecule has 2 N–H and O–H groups in total. The maximum absolute atomic E-state index is 12.2. The molecule has 0 radical (unpaired) electrons. The summed E-state index contributed by atoms with van der Waals surface area (Å²) in [4.78, 5) is 31.4. The molecule has 7 nitrogen and oxygen atoms in total. The SMILES string of the molecule is CC(CNC(=O)OC(C)(C)C)N(OCc1ccc(Cl)cc1Cl)c1cc(-c2ccccc2)sc1C(=O)O. The van der Waals surface area contributed by atoms with Gasteiger partial charge in [0.05, 0.1) is 11.7 Å². The van der Waals surface area contributed by atoms with Crippen LogP contribution in [0.4, 0.5) is 10.5 Å². The molecule has 2 aromatic carbocycles. The lowest BCUT2D eigenvalue weighted by Gasteiger charge is -2.30. The van der Waals surface area contributed by atoms with E-state index in [1.165, 1.54) is 5.06 Å². The van der Waals surface area contributed by atoms with Gasteiger partial charge in [-0.15, -0.1) is 11.3 Å². The van der Waals surface area contributed by atoms with Crippen molar-refractivity contribution in [3.05, 3.63) is 75.1 Å². The van der Waals surface area contributed by atoms with Gasteiger partial charge >= 0.3 is 12.1 Å². The number of nitrogens with zero attached hydrogens (tertiary/aromatic N) is 1. The number of carboxylic acids is 1. The number of carbonyl (C=O) groups excluding carboxylic acids is 1. The maximum atomic E-state index is 12.2. The van der Waals surface area contributed by atoms with Crippen LogP contribution in [0.1, 0.15) is 42.9 Å². The fourth-order valence-electron chi connectivity index (χ4n) is 3.28. The van der Waals surface area contributed by atoms with Crippen molar-refractivity contribution in [2.45, 2.75) is 45.9 Å². The van der Waals surface area contributed by atoms with Gasteiger partial charge < -0.3 is 15.2 Å². The minimum atomic E-state index is -1.08. The lowest BCUT2D eigenvalue weighted by molar-refractivity contribution is 0.0486. The maximum Gasteiger partial charge on any atom is 0.407 e. The lowest BCUT2D eigenvalue weighted by Crippen LogP contribution is -2.44. The Morgan fingerprint density at radius 1 is 1.11 bits per heavy atom.